The van der Waals surface area contributed by atoms with Crippen LogP contribution in [0.15, 0.2) is 34.5 Å². The van der Waals surface area contributed by atoms with Crippen molar-refractivity contribution in [1.82, 2.24) is 0 Å². The molecule has 0 aliphatic carbocycles. The number of rotatable bonds is 2. The highest BCUT2D eigenvalue weighted by Gasteiger charge is 1.89. The van der Waals surface area contributed by atoms with Gasteiger partial charge >= 0.3 is 0 Å². The molecular formula is C9H11N3OS. The molecule has 0 amide bonds. The first-order valence-electron chi connectivity index (χ1n) is 3.92. The standard InChI is InChI=1S/C9H11N3OS/c1-14-9(10)12-11-6-7-3-2-4-8(13)5-7/h2-6,13H,1H3,(H2,10,12)/b11-6-. The lowest BCUT2D eigenvalue weighted by molar-refractivity contribution is 0.475. The van der Waals surface area contributed by atoms with Gasteiger partial charge in [0, 0.05) is 0 Å². The average molecular weight is 209 g/mol. The molecule has 0 saturated carbocycles. The number of aromatic hydroxyl groups is 1. The van der Waals surface area contributed by atoms with Crippen molar-refractivity contribution < 1.29 is 5.11 Å². The zero-order valence-electron chi connectivity index (χ0n) is 7.71. The van der Waals surface area contributed by atoms with Crippen LogP contribution in [0.1, 0.15) is 5.56 Å². The number of hydrogen-bond acceptors (Lipinski definition) is 4. The van der Waals surface area contributed by atoms with E-state index in [1.54, 1.807) is 18.2 Å². The summed E-state index contributed by atoms with van der Waals surface area (Å²) in [5.74, 6) is 0.204. The summed E-state index contributed by atoms with van der Waals surface area (Å²) < 4.78 is 0. The maximum absolute atomic E-state index is 9.14. The van der Waals surface area contributed by atoms with E-state index in [9.17, 15) is 0 Å². The van der Waals surface area contributed by atoms with E-state index in [0.717, 1.165) is 5.56 Å². The van der Waals surface area contributed by atoms with Crippen molar-refractivity contribution in [1.29, 1.82) is 0 Å². The Balaban J connectivity index is 2.69. The molecule has 0 saturated heterocycles. The fourth-order valence-electron chi connectivity index (χ4n) is 0.798. The summed E-state index contributed by atoms with van der Waals surface area (Å²) in [7, 11) is 0. The summed E-state index contributed by atoms with van der Waals surface area (Å²) >= 11 is 1.33. The molecule has 0 heterocycles. The first-order chi connectivity index (χ1) is 6.72. The minimum absolute atomic E-state index is 0.204. The number of hydrogen-bond donors (Lipinski definition) is 2. The van der Waals surface area contributed by atoms with Gasteiger partial charge in [-0.3, -0.25) is 0 Å². The van der Waals surface area contributed by atoms with Gasteiger partial charge in [-0.25, -0.2) is 0 Å². The number of nitrogens with zero attached hydrogens (tertiary/aromatic N) is 2. The number of phenolic OH excluding ortho intramolecular Hbond substituents is 1. The summed E-state index contributed by atoms with van der Waals surface area (Å²) in [5.41, 5.74) is 6.20. The predicted molar refractivity (Wildman–Crippen MR) is 60.8 cm³/mol. The maximum atomic E-state index is 9.14. The molecule has 74 valence electrons. The molecule has 4 nitrogen and oxygen atoms in total. The van der Waals surface area contributed by atoms with Gasteiger partial charge in [-0.05, 0) is 24.0 Å². The second-order valence-corrected chi connectivity index (χ2v) is 3.31. The minimum Gasteiger partial charge on any atom is -0.508 e. The molecule has 0 atom stereocenters. The zero-order chi connectivity index (χ0) is 10.4. The summed E-state index contributed by atoms with van der Waals surface area (Å²) in [6.45, 7) is 0. The lowest BCUT2D eigenvalue weighted by Gasteiger charge is -1.92. The van der Waals surface area contributed by atoms with Crippen LogP contribution in [-0.2, 0) is 0 Å². The molecule has 0 unspecified atom stereocenters. The number of nitrogens with two attached hydrogens (primary N) is 1. The molecule has 0 aliphatic heterocycles. The molecule has 5 heteroatoms. The van der Waals surface area contributed by atoms with Crippen LogP contribution in [0.2, 0.25) is 0 Å². The monoisotopic (exact) mass is 209 g/mol. The third-order valence-electron chi connectivity index (χ3n) is 1.44. The Labute approximate surface area is 86.5 Å². The van der Waals surface area contributed by atoms with Crippen molar-refractivity contribution in [3.8, 4) is 5.75 Å². The van der Waals surface area contributed by atoms with Crippen molar-refractivity contribution in [3.63, 3.8) is 0 Å². The van der Waals surface area contributed by atoms with E-state index in [0.29, 0.717) is 5.17 Å². The SMILES string of the molecule is CS/C(N)=N/N=C\c1cccc(O)c1. The fraction of sp³-hybridized carbons (Fsp3) is 0.111. The Morgan fingerprint density at radius 2 is 2.36 bits per heavy atom. The molecule has 0 spiro atoms. The van der Waals surface area contributed by atoms with Crippen molar-refractivity contribution in [2.24, 2.45) is 15.9 Å². The van der Waals surface area contributed by atoms with Crippen LogP contribution in [0.3, 0.4) is 0 Å². The van der Waals surface area contributed by atoms with E-state index in [4.69, 9.17) is 10.8 Å². The van der Waals surface area contributed by atoms with E-state index >= 15 is 0 Å². The lowest BCUT2D eigenvalue weighted by atomic mass is 10.2. The largest absolute Gasteiger partial charge is 0.508 e. The molecule has 0 bridgehead atoms. The van der Waals surface area contributed by atoms with Crippen molar-refractivity contribution >= 4 is 23.1 Å². The first-order valence-corrected chi connectivity index (χ1v) is 5.14. The molecule has 0 fully saturated rings. The van der Waals surface area contributed by atoms with E-state index in [2.05, 4.69) is 10.2 Å². The Bertz CT molecular complexity index is 363. The van der Waals surface area contributed by atoms with E-state index in [1.165, 1.54) is 18.0 Å². The average Bonchev–Trinajstić information content (AvgIpc) is 2.17. The highest BCUT2D eigenvalue weighted by Crippen LogP contribution is 2.08. The van der Waals surface area contributed by atoms with Crippen LogP contribution in [0.5, 0.6) is 5.75 Å². The summed E-state index contributed by atoms with van der Waals surface area (Å²) in [6, 6.07) is 6.73. The molecule has 0 aromatic heterocycles. The van der Waals surface area contributed by atoms with Crippen molar-refractivity contribution in [2.75, 3.05) is 6.26 Å². The van der Waals surface area contributed by atoms with E-state index < -0.39 is 0 Å². The van der Waals surface area contributed by atoms with Crippen LogP contribution < -0.4 is 5.73 Å². The maximum Gasteiger partial charge on any atom is 0.180 e. The topological polar surface area (TPSA) is 71.0 Å². The molecule has 0 aliphatic rings. The number of phenols is 1. The predicted octanol–water partition coefficient (Wildman–Crippen LogP) is 1.40. The van der Waals surface area contributed by atoms with E-state index in [-0.39, 0.29) is 5.75 Å². The van der Waals surface area contributed by atoms with Gasteiger partial charge in [0.25, 0.3) is 0 Å². The van der Waals surface area contributed by atoms with Crippen LogP contribution in [0.25, 0.3) is 0 Å². The highest BCUT2D eigenvalue weighted by molar-refractivity contribution is 8.13. The summed E-state index contributed by atoms with van der Waals surface area (Å²) in [4.78, 5) is 0. The zero-order valence-corrected chi connectivity index (χ0v) is 8.53. The third kappa shape index (κ3) is 3.49. The van der Waals surface area contributed by atoms with Gasteiger partial charge in [-0.2, -0.15) is 5.10 Å². The van der Waals surface area contributed by atoms with E-state index in [1.807, 2.05) is 12.3 Å². The molecule has 1 aromatic rings. The smallest absolute Gasteiger partial charge is 0.180 e. The lowest BCUT2D eigenvalue weighted by Crippen LogP contribution is -2.03. The Morgan fingerprint density at radius 1 is 1.57 bits per heavy atom. The second-order valence-electron chi connectivity index (χ2n) is 2.48. The Morgan fingerprint density at radius 3 is 3.00 bits per heavy atom. The summed E-state index contributed by atoms with van der Waals surface area (Å²) in [5, 5.41) is 17.0. The van der Waals surface area contributed by atoms with Crippen molar-refractivity contribution in [2.45, 2.75) is 0 Å². The first kappa shape index (κ1) is 10.6. The molecule has 3 N–H and O–H groups in total. The summed E-state index contributed by atoms with van der Waals surface area (Å²) in [6.07, 6.45) is 3.35. The Kier molecular flexibility index (Phi) is 4.00. The van der Waals surface area contributed by atoms with Gasteiger partial charge in [0.15, 0.2) is 5.17 Å². The highest BCUT2D eigenvalue weighted by atomic mass is 32.2. The van der Waals surface area contributed by atoms with Crippen molar-refractivity contribution in [3.05, 3.63) is 29.8 Å². The van der Waals surface area contributed by atoms with Crippen LogP contribution in [0.4, 0.5) is 0 Å². The fourth-order valence-corrected chi connectivity index (χ4v) is 0.927. The van der Waals surface area contributed by atoms with Gasteiger partial charge in [-0.15, -0.1) is 5.10 Å². The second kappa shape index (κ2) is 5.29. The normalized spacial score (nSPS) is 12.2. The molecular weight excluding hydrogens is 198 g/mol. The van der Waals surface area contributed by atoms with Gasteiger partial charge in [0.2, 0.25) is 0 Å². The molecule has 14 heavy (non-hydrogen) atoms. The Hall–Kier alpha value is -1.49. The molecule has 1 rings (SSSR count). The van der Waals surface area contributed by atoms with Crippen LogP contribution >= 0.6 is 11.8 Å². The van der Waals surface area contributed by atoms with Gasteiger partial charge < -0.3 is 10.8 Å². The quantitative estimate of drug-likeness (QED) is 0.439. The molecule has 0 radical (unpaired) electrons. The number of amidine groups is 1. The van der Waals surface area contributed by atoms with Gasteiger partial charge in [0.1, 0.15) is 5.75 Å². The third-order valence-corrected chi connectivity index (χ3v) is 1.94. The number of benzene rings is 1. The minimum atomic E-state index is 0.204. The molecule has 1 aromatic carbocycles. The van der Waals surface area contributed by atoms with Crippen LogP contribution in [-0.4, -0.2) is 22.7 Å². The van der Waals surface area contributed by atoms with Gasteiger partial charge in [-0.1, -0.05) is 23.9 Å². The van der Waals surface area contributed by atoms with Crippen LogP contribution in [0, 0.1) is 0 Å². The van der Waals surface area contributed by atoms with Gasteiger partial charge in [0.05, 0.1) is 6.21 Å². The number of thioether (sulfide) groups is 1.